The van der Waals surface area contributed by atoms with Gasteiger partial charge in [-0.05, 0) is 42.2 Å². The minimum Gasteiger partial charge on any atom is -0.480 e. The van der Waals surface area contributed by atoms with Crippen LogP contribution in [0, 0.1) is 6.92 Å². The number of rotatable bonds is 3. The molecule has 1 fully saturated rings. The van der Waals surface area contributed by atoms with Crippen molar-refractivity contribution in [3.63, 3.8) is 0 Å². The van der Waals surface area contributed by atoms with E-state index in [0.29, 0.717) is 6.54 Å². The van der Waals surface area contributed by atoms with Gasteiger partial charge in [-0.15, -0.1) is 0 Å². The maximum Gasteiger partial charge on any atom is 0.320 e. The van der Waals surface area contributed by atoms with Crippen molar-refractivity contribution in [2.75, 3.05) is 6.54 Å². The van der Waals surface area contributed by atoms with Gasteiger partial charge in [-0.3, -0.25) is 14.4 Å². The van der Waals surface area contributed by atoms with Crippen LogP contribution in [-0.4, -0.2) is 38.3 Å². The van der Waals surface area contributed by atoms with E-state index in [2.05, 4.69) is 21.0 Å². The number of aromatic nitrogens is 2. The Morgan fingerprint density at radius 1 is 1.56 bits per heavy atom. The fourth-order valence-corrected chi connectivity index (χ4v) is 2.97. The smallest absolute Gasteiger partial charge is 0.320 e. The number of halogens is 1. The van der Waals surface area contributed by atoms with E-state index in [4.69, 9.17) is 0 Å². The molecule has 1 unspecified atom stereocenters. The van der Waals surface area contributed by atoms with Crippen LogP contribution in [0.3, 0.4) is 0 Å². The highest BCUT2D eigenvalue weighted by atomic mass is 79.9. The summed E-state index contributed by atoms with van der Waals surface area (Å²) in [5, 5.41) is 13.6. The molecule has 1 aromatic heterocycles. The number of carboxylic acid groups (broad SMARTS) is 1. The van der Waals surface area contributed by atoms with E-state index in [-0.39, 0.29) is 6.04 Å². The molecule has 0 aliphatic carbocycles. The summed E-state index contributed by atoms with van der Waals surface area (Å²) in [5.41, 5.74) is 1.98. The molecule has 0 aromatic carbocycles. The molecule has 2 heterocycles. The van der Waals surface area contributed by atoms with Crippen molar-refractivity contribution in [3.8, 4) is 0 Å². The summed E-state index contributed by atoms with van der Waals surface area (Å²) in [5.74, 6) is -0.718. The van der Waals surface area contributed by atoms with Gasteiger partial charge in [0, 0.05) is 13.6 Å². The lowest BCUT2D eigenvalue weighted by Crippen LogP contribution is -2.44. The van der Waals surface area contributed by atoms with E-state index in [1.807, 2.05) is 23.6 Å². The normalized spacial score (nSPS) is 21.2. The highest BCUT2D eigenvalue weighted by Gasteiger charge is 2.29. The molecule has 1 atom stereocenters. The molecule has 1 aromatic rings. The summed E-state index contributed by atoms with van der Waals surface area (Å²) < 4.78 is 2.81. The highest BCUT2D eigenvalue weighted by Crippen LogP contribution is 2.25. The zero-order valence-corrected chi connectivity index (χ0v) is 12.3. The molecule has 0 spiro atoms. The van der Waals surface area contributed by atoms with Crippen molar-refractivity contribution in [1.29, 1.82) is 0 Å². The van der Waals surface area contributed by atoms with Crippen LogP contribution >= 0.6 is 15.9 Å². The number of nitrogens with zero attached hydrogens (tertiary/aromatic N) is 3. The zero-order chi connectivity index (χ0) is 13.3. The van der Waals surface area contributed by atoms with Crippen molar-refractivity contribution in [1.82, 2.24) is 14.7 Å². The molecule has 1 aliphatic rings. The van der Waals surface area contributed by atoms with Crippen molar-refractivity contribution in [2.24, 2.45) is 7.05 Å². The fraction of sp³-hybridized carbons (Fsp3) is 0.667. The quantitative estimate of drug-likeness (QED) is 0.926. The summed E-state index contributed by atoms with van der Waals surface area (Å²) in [4.78, 5) is 13.3. The van der Waals surface area contributed by atoms with E-state index >= 15 is 0 Å². The Morgan fingerprint density at radius 2 is 2.28 bits per heavy atom. The Kier molecular flexibility index (Phi) is 4.07. The average molecular weight is 316 g/mol. The first-order valence-electron chi connectivity index (χ1n) is 6.15. The van der Waals surface area contributed by atoms with Gasteiger partial charge in [0.15, 0.2) is 0 Å². The number of hydrogen-bond donors (Lipinski definition) is 1. The predicted molar refractivity (Wildman–Crippen MR) is 71.3 cm³/mol. The molecule has 18 heavy (non-hydrogen) atoms. The van der Waals surface area contributed by atoms with Gasteiger partial charge in [0.1, 0.15) is 6.04 Å². The third-order valence-corrected chi connectivity index (χ3v) is 4.54. The average Bonchev–Trinajstić information content (AvgIpc) is 2.56. The minimum absolute atomic E-state index is 0.360. The number of carbonyl (C=O) groups is 1. The SMILES string of the molecule is Cc1nn(C)c(CN2CCCCC2C(=O)O)c1Br. The summed E-state index contributed by atoms with van der Waals surface area (Å²) >= 11 is 3.53. The van der Waals surface area contributed by atoms with Crippen LogP contribution < -0.4 is 0 Å². The number of aryl methyl sites for hydroxylation is 2. The first kappa shape index (κ1) is 13.5. The van der Waals surface area contributed by atoms with Crippen molar-refractivity contribution < 1.29 is 9.90 Å². The second kappa shape index (κ2) is 5.40. The summed E-state index contributed by atoms with van der Waals surface area (Å²) in [6.07, 6.45) is 2.81. The third-order valence-electron chi connectivity index (χ3n) is 3.51. The molecule has 5 nitrogen and oxygen atoms in total. The Bertz CT molecular complexity index is 458. The van der Waals surface area contributed by atoms with E-state index in [9.17, 15) is 9.90 Å². The lowest BCUT2D eigenvalue weighted by atomic mass is 10.0. The third kappa shape index (κ3) is 2.59. The van der Waals surface area contributed by atoms with Crippen LogP contribution in [-0.2, 0) is 18.4 Å². The van der Waals surface area contributed by atoms with Gasteiger partial charge in [-0.25, -0.2) is 0 Å². The predicted octanol–water partition coefficient (Wildman–Crippen LogP) is 1.93. The number of carboxylic acids is 1. The largest absolute Gasteiger partial charge is 0.480 e. The topological polar surface area (TPSA) is 58.4 Å². The second-order valence-corrected chi connectivity index (χ2v) is 5.58. The van der Waals surface area contributed by atoms with Gasteiger partial charge >= 0.3 is 5.97 Å². The molecule has 2 rings (SSSR count). The summed E-state index contributed by atoms with van der Waals surface area (Å²) in [6, 6.07) is -0.360. The molecule has 1 saturated heterocycles. The Morgan fingerprint density at radius 3 is 2.83 bits per heavy atom. The standard InChI is InChI=1S/C12H18BrN3O2/c1-8-11(13)10(15(2)14-8)7-16-6-4-3-5-9(16)12(17)18/h9H,3-7H2,1-2H3,(H,17,18). The van der Waals surface area contributed by atoms with Crippen molar-refractivity contribution >= 4 is 21.9 Å². The van der Waals surface area contributed by atoms with Gasteiger partial charge in [0.05, 0.1) is 15.9 Å². The van der Waals surface area contributed by atoms with Crippen molar-refractivity contribution in [2.45, 2.75) is 38.8 Å². The van der Waals surface area contributed by atoms with Crippen LogP contribution in [0.1, 0.15) is 30.7 Å². The molecule has 1 N–H and O–H groups in total. The van der Waals surface area contributed by atoms with Gasteiger partial charge < -0.3 is 5.11 Å². The molecule has 1 aliphatic heterocycles. The molecule has 100 valence electrons. The molecule has 0 radical (unpaired) electrons. The van der Waals surface area contributed by atoms with Crippen LogP contribution in [0.4, 0.5) is 0 Å². The molecular weight excluding hydrogens is 298 g/mol. The number of hydrogen-bond acceptors (Lipinski definition) is 3. The van der Waals surface area contributed by atoms with E-state index in [1.165, 1.54) is 0 Å². The molecule has 0 bridgehead atoms. The molecule has 0 saturated carbocycles. The van der Waals surface area contributed by atoms with E-state index in [0.717, 1.165) is 41.7 Å². The summed E-state index contributed by atoms with van der Waals surface area (Å²) in [7, 11) is 1.90. The monoisotopic (exact) mass is 315 g/mol. The molecular formula is C12H18BrN3O2. The number of aliphatic carboxylic acids is 1. The zero-order valence-electron chi connectivity index (χ0n) is 10.7. The minimum atomic E-state index is -0.718. The summed E-state index contributed by atoms with van der Waals surface area (Å²) in [6.45, 7) is 3.42. The van der Waals surface area contributed by atoms with Crippen LogP contribution in [0.2, 0.25) is 0 Å². The van der Waals surface area contributed by atoms with E-state index in [1.54, 1.807) is 0 Å². The van der Waals surface area contributed by atoms with Crippen LogP contribution in [0.5, 0.6) is 0 Å². The van der Waals surface area contributed by atoms with Gasteiger partial charge in [-0.1, -0.05) is 6.42 Å². The first-order valence-corrected chi connectivity index (χ1v) is 6.95. The van der Waals surface area contributed by atoms with Gasteiger partial charge in [0.2, 0.25) is 0 Å². The van der Waals surface area contributed by atoms with E-state index < -0.39 is 5.97 Å². The number of piperidine rings is 1. The second-order valence-electron chi connectivity index (χ2n) is 4.79. The Hall–Kier alpha value is -0.880. The van der Waals surface area contributed by atoms with Crippen molar-refractivity contribution in [3.05, 3.63) is 15.9 Å². The maximum absolute atomic E-state index is 11.3. The van der Waals surface area contributed by atoms with Crippen LogP contribution in [0.25, 0.3) is 0 Å². The fourth-order valence-electron chi connectivity index (χ4n) is 2.50. The Balaban J connectivity index is 2.18. The van der Waals surface area contributed by atoms with Crippen LogP contribution in [0.15, 0.2) is 4.47 Å². The highest BCUT2D eigenvalue weighted by molar-refractivity contribution is 9.10. The van der Waals surface area contributed by atoms with Gasteiger partial charge in [0.25, 0.3) is 0 Å². The van der Waals surface area contributed by atoms with Gasteiger partial charge in [-0.2, -0.15) is 5.10 Å². The molecule has 6 heteroatoms. The molecule has 0 amide bonds. The lowest BCUT2D eigenvalue weighted by molar-refractivity contribution is -0.144. The lowest BCUT2D eigenvalue weighted by Gasteiger charge is -2.32. The number of likely N-dealkylation sites (tertiary alicyclic amines) is 1. The first-order chi connectivity index (χ1) is 8.50. The Labute approximate surface area is 115 Å². The maximum atomic E-state index is 11.3.